The van der Waals surface area contributed by atoms with Gasteiger partial charge in [-0.25, -0.2) is 15.0 Å². The van der Waals surface area contributed by atoms with Crippen molar-refractivity contribution < 1.29 is 5.11 Å². The van der Waals surface area contributed by atoms with E-state index in [1.54, 1.807) is 12.3 Å². The Kier molecular flexibility index (Phi) is 3.48. The summed E-state index contributed by atoms with van der Waals surface area (Å²) in [5.41, 5.74) is 0.509. The number of hydrogen-bond acceptors (Lipinski definition) is 6. The van der Waals surface area contributed by atoms with Gasteiger partial charge in [0.25, 0.3) is 0 Å². The summed E-state index contributed by atoms with van der Waals surface area (Å²) in [5, 5.41) is 11.5. The molecule has 1 N–H and O–H groups in total. The predicted octanol–water partition coefficient (Wildman–Crippen LogP) is 2.36. The van der Waals surface area contributed by atoms with Crippen LogP contribution in [0.1, 0.15) is 13.3 Å². The van der Waals surface area contributed by atoms with Crippen molar-refractivity contribution in [2.75, 3.05) is 24.3 Å². The molecule has 5 nitrogen and oxygen atoms in total. The highest BCUT2D eigenvalue weighted by molar-refractivity contribution is 7.98. The van der Waals surface area contributed by atoms with Crippen LogP contribution in [-0.4, -0.2) is 45.0 Å². The number of aliphatic hydroxyl groups is 1. The number of fused-ring (bicyclic) bond motifs is 1. The van der Waals surface area contributed by atoms with E-state index in [1.165, 1.54) is 11.8 Å². The molecular weight excluding hydrogens is 296 g/mol. The van der Waals surface area contributed by atoms with Gasteiger partial charge in [-0.1, -0.05) is 23.4 Å². The number of pyridine rings is 1. The van der Waals surface area contributed by atoms with Crippen LogP contribution in [0.3, 0.4) is 0 Å². The van der Waals surface area contributed by atoms with E-state index in [9.17, 15) is 5.11 Å². The zero-order valence-electron chi connectivity index (χ0n) is 11.3. The molecule has 0 amide bonds. The second kappa shape index (κ2) is 5.02. The molecule has 0 spiro atoms. The van der Waals surface area contributed by atoms with Crippen LogP contribution in [0.4, 0.5) is 5.82 Å². The Bertz CT molecular complexity index is 664. The lowest BCUT2D eigenvalue weighted by Crippen LogP contribution is -2.60. The first-order valence-electron chi connectivity index (χ1n) is 6.33. The van der Waals surface area contributed by atoms with Crippen molar-refractivity contribution in [3.63, 3.8) is 0 Å². The minimum Gasteiger partial charge on any atom is -0.394 e. The number of halogens is 1. The predicted molar refractivity (Wildman–Crippen MR) is 81.6 cm³/mol. The van der Waals surface area contributed by atoms with Gasteiger partial charge in [0, 0.05) is 18.8 Å². The lowest BCUT2D eigenvalue weighted by molar-refractivity contribution is 0.153. The van der Waals surface area contributed by atoms with Gasteiger partial charge in [0.2, 0.25) is 0 Å². The molecule has 20 heavy (non-hydrogen) atoms. The van der Waals surface area contributed by atoms with E-state index in [2.05, 4.69) is 19.9 Å². The van der Waals surface area contributed by atoms with Gasteiger partial charge >= 0.3 is 0 Å². The molecule has 0 aliphatic carbocycles. The highest BCUT2D eigenvalue weighted by Gasteiger charge is 2.41. The second-order valence-corrected chi connectivity index (χ2v) is 6.28. The van der Waals surface area contributed by atoms with Crippen LogP contribution in [0.25, 0.3) is 10.9 Å². The molecule has 2 aromatic heterocycles. The molecule has 1 aliphatic heterocycles. The highest BCUT2D eigenvalue weighted by atomic mass is 35.5. The lowest BCUT2D eigenvalue weighted by atomic mass is 9.87. The van der Waals surface area contributed by atoms with Crippen molar-refractivity contribution in [2.45, 2.75) is 24.0 Å². The molecule has 1 aliphatic rings. The van der Waals surface area contributed by atoms with Crippen LogP contribution in [0.2, 0.25) is 5.15 Å². The van der Waals surface area contributed by atoms with Gasteiger partial charge in [-0.05, 0) is 19.6 Å². The van der Waals surface area contributed by atoms with Crippen molar-refractivity contribution in [3.05, 3.63) is 17.4 Å². The maximum absolute atomic E-state index is 9.56. The van der Waals surface area contributed by atoms with Gasteiger partial charge in [0.05, 0.1) is 23.0 Å². The minimum atomic E-state index is -0.275. The van der Waals surface area contributed by atoms with Crippen molar-refractivity contribution in [1.82, 2.24) is 15.0 Å². The molecule has 2 aromatic rings. The van der Waals surface area contributed by atoms with Crippen molar-refractivity contribution in [1.29, 1.82) is 0 Å². The third-order valence-corrected chi connectivity index (χ3v) is 4.57. The number of anilines is 1. The van der Waals surface area contributed by atoms with Gasteiger partial charge in [0.1, 0.15) is 11.0 Å². The average Bonchev–Trinajstić information content (AvgIpc) is 2.44. The summed E-state index contributed by atoms with van der Waals surface area (Å²) in [4.78, 5) is 15.3. The number of aromatic nitrogens is 3. The highest BCUT2D eigenvalue weighted by Crippen LogP contribution is 2.38. The van der Waals surface area contributed by atoms with E-state index < -0.39 is 0 Å². The number of rotatable bonds is 3. The fourth-order valence-corrected chi connectivity index (χ4v) is 2.93. The maximum atomic E-state index is 9.56. The number of aliphatic hydroxyl groups excluding tert-OH is 1. The zero-order chi connectivity index (χ0) is 14.3. The van der Waals surface area contributed by atoms with E-state index in [-0.39, 0.29) is 12.1 Å². The largest absolute Gasteiger partial charge is 0.394 e. The van der Waals surface area contributed by atoms with Crippen LogP contribution in [0.5, 0.6) is 0 Å². The molecule has 0 radical (unpaired) electrons. The smallest absolute Gasteiger partial charge is 0.187 e. The summed E-state index contributed by atoms with van der Waals surface area (Å²) >= 11 is 7.60. The fourth-order valence-electron chi connectivity index (χ4n) is 2.40. The van der Waals surface area contributed by atoms with Gasteiger partial charge < -0.3 is 10.0 Å². The van der Waals surface area contributed by atoms with E-state index in [1.807, 2.05) is 13.2 Å². The molecule has 0 aromatic carbocycles. The third kappa shape index (κ3) is 2.12. The SMILES string of the molecule is CSc1ncc2c(N3CCC3(C)CO)nc(Cl)cc2n1. The Morgan fingerprint density at radius 1 is 1.50 bits per heavy atom. The first kappa shape index (κ1) is 13.9. The summed E-state index contributed by atoms with van der Waals surface area (Å²) in [6, 6.07) is 1.75. The van der Waals surface area contributed by atoms with Crippen molar-refractivity contribution in [2.24, 2.45) is 0 Å². The van der Waals surface area contributed by atoms with E-state index >= 15 is 0 Å². The standard InChI is InChI=1S/C13H15ClN4OS/c1-13(7-19)3-4-18(13)11-8-6-15-12(20-2)16-9(8)5-10(14)17-11/h5-6,19H,3-4,7H2,1-2H3. The molecule has 1 saturated heterocycles. The Balaban J connectivity index is 2.15. The molecular formula is C13H15ClN4OS. The Hall–Kier alpha value is -1.11. The third-order valence-electron chi connectivity index (χ3n) is 3.81. The number of nitrogens with zero attached hydrogens (tertiary/aromatic N) is 4. The number of hydrogen-bond donors (Lipinski definition) is 1. The zero-order valence-corrected chi connectivity index (χ0v) is 12.9. The Morgan fingerprint density at radius 2 is 2.30 bits per heavy atom. The molecule has 0 saturated carbocycles. The summed E-state index contributed by atoms with van der Waals surface area (Å²) in [7, 11) is 0. The van der Waals surface area contributed by atoms with Gasteiger partial charge in [0.15, 0.2) is 5.16 Å². The molecule has 7 heteroatoms. The molecule has 1 unspecified atom stereocenters. The summed E-state index contributed by atoms with van der Waals surface area (Å²) in [6.45, 7) is 2.96. The lowest BCUT2D eigenvalue weighted by Gasteiger charge is -2.50. The van der Waals surface area contributed by atoms with Gasteiger partial charge in [-0.3, -0.25) is 0 Å². The second-order valence-electron chi connectivity index (χ2n) is 5.11. The topological polar surface area (TPSA) is 62.1 Å². The van der Waals surface area contributed by atoms with Crippen LogP contribution in [0.15, 0.2) is 17.4 Å². The maximum Gasteiger partial charge on any atom is 0.187 e. The summed E-state index contributed by atoms with van der Waals surface area (Å²) in [5.74, 6) is 0.753. The van der Waals surface area contributed by atoms with E-state index in [4.69, 9.17) is 11.6 Å². The normalized spacial score (nSPS) is 22.1. The van der Waals surface area contributed by atoms with E-state index in [0.717, 1.165) is 29.7 Å². The Morgan fingerprint density at radius 3 is 2.90 bits per heavy atom. The van der Waals surface area contributed by atoms with E-state index in [0.29, 0.717) is 10.3 Å². The molecule has 106 valence electrons. The van der Waals surface area contributed by atoms with Crippen LogP contribution in [-0.2, 0) is 0 Å². The Labute approximate surface area is 126 Å². The molecule has 0 bridgehead atoms. The summed E-state index contributed by atoms with van der Waals surface area (Å²) < 4.78 is 0. The van der Waals surface area contributed by atoms with Crippen molar-refractivity contribution in [3.8, 4) is 0 Å². The average molecular weight is 311 g/mol. The minimum absolute atomic E-state index is 0.0897. The molecule has 3 heterocycles. The number of thioether (sulfide) groups is 1. The first-order valence-corrected chi connectivity index (χ1v) is 7.93. The van der Waals surface area contributed by atoms with Crippen molar-refractivity contribution >= 4 is 40.1 Å². The van der Waals surface area contributed by atoms with Crippen LogP contribution in [0, 0.1) is 0 Å². The molecule has 1 atom stereocenters. The van der Waals surface area contributed by atoms with Crippen LogP contribution < -0.4 is 4.90 Å². The van der Waals surface area contributed by atoms with Gasteiger partial charge in [-0.15, -0.1) is 0 Å². The quantitative estimate of drug-likeness (QED) is 0.533. The molecule has 1 fully saturated rings. The fraction of sp³-hybridized carbons (Fsp3) is 0.462. The first-order chi connectivity index (χ1) is 9.57. The van der Waals surface area contributed by atoms with Crippen LogP contribution >= 0.6 is 23.4 Å². The summed E-state index contributed by atoms with van der Waals surface area (Å²) in [6.07, 6.45) is 4.65. The monoisotopic (exact) mass is 310 g/mol. The molecule has 3 rings (SSSR count). The van der Waals surface area contributed by atoms with Gasteiger partial charge in [-0.2, -0.15) is 0 Å².